The summed E-state index contributed by atoms with van der Waals surface area (Å²) in [6.45, 7) is 9.06. The first kappa shape index (κ1) is 16.8. The molecule has 0 fully saturated rings. The Labute approximate surface area is 116 Å². The van der Waals surface area contributed by atoms with Gasteiger partial charge in [0, 0.05) is 17.8 Å². The SMILES string of the molecule is Cc1ccc(N)cc1C(=O)NCC(C)C(C)C.Cl. The second-order valence-corrected chi connectivity index (χ2v) is 5.01. The molecule has 1 unspecified atom stereocenters. The van der Waals surface area contributed by atoms with E-state index in [1.807, 2.05) is 19.1 Å². The van der Waals surface area contributed by atoms with E-state index in [1.54, 1.807) is 6.07 Å². The van der Waals surface area contributed by atoms with Crippen LogP contribution < -0.4 is 11.1 Å². The van der Waals surface area contributed by atoms with Crippen LogP contribution >= 0.6 is 12.4 Å². The molecule has 4 heteroatoms. The Morgan fingerprint density at radius 3 is 2.50 bits per heavy atom. The van der Waals surface area contributed by atoms with E-state index < -0.39 is 0 Å². The van der Waals surface area contributed by atoms with Crippen molar-refractivity contribution in [3.8, 4) is 0 Å². The number of halogens is 1. The van der Waals surface area contributed by atoms with Gasteiger partial charge in [0.05, 0.1) is 0 Å². The number of nitrogen functional groups attached to an aromatic ring is 1. The molecule has 0 aromatic heterocycles. The van der Waals surface area contributed by atoms with Gasteiger partial charge in [0.15, 0.2) is 0 Å². The molecular weight excluding hydrogens is 248 g/mol. The Kier molecular flexibility index (Phi) is 6.77. The number of aryl methyl sites for hydroxylation is 1. The second-order valence-electron chi connectivity index (χ2n) is 5.01. The number of hydrogen-bond donors (Lipinski definition) is 2. The number of nitrogens with two attached hydrogens (primary N) is 1. The van der Waals surface area contributed by atoms with Gasteiger partial charge < -0.3 is 11.1 Å². The summed E-state index contributed by atoms with van der Waals surface area (Å²) in [5, 5.41) is 2.95. The van der Waals surface area contributed by atoms with Crippen LogP contribution in [0.25, 0.3) is 0 Å². The Balaban J connectivity index is 0.00000289. The summed E-state index contributed by atoms with van der Waals surface area (Å²) < 4.78 is 0. The van der Waals surface area contributed by atoms with Gasteiger partial charge >= 0.3 is 0 Å². The molecule has 1 amide bonds. The summed E-state index contributed by atoms with van der Waals surface area (Å²) in [6, 6.07) is 5.41. The van der Waals surface area contributed by atoms with Gasteiger partial charge in [-0.15, -0.1) is 12.4 Å². The van der Waals surface area contributed by atoms with Crippen LogP contribution in [0.5, 0.6) is 0 Å². The zero-order valence-corrected chi connectivity index (χ0v) is 12.3. The first-order chi connectivity index (χ1) is 7.91. The summed E-state index contributed by atoms with van der Waals surface area (Å²) in [4.78, 5) is 12.0. The van der Waals surface area contributed by atoms with Gasteiger partial charge in [-0.25, -0.2) is 0 Å². The van der Waals surface area contributed by atoms with Crippen LogP contribution in [0.1, 0.15) is 36.7 Å². The number of rotatable bonds is 4. The van der Waals surface area contributed by atoms with Gasteiger partial charge in [0.25, 0.3) is 5.91 Å². The highest BCUT2D eigenvalue weighted by atomic mass is 35.5. The highest BCUT2D eigenvalue weighted by Gasteiger charge is 2.12. The van der Waals surface area contributed by atoms with Gasteiger partial charge in [-0.3, -0.25) is 4.79 Å². The van der Waals surface area contributed by atoms with E-state index in [0.29, 0.717) is 29.6 Å². The van der Waals surface area contributed by atoms with Crippen LogP contribution in [0, 0.1) is 18.8 Å². The maximum absolute atomic E-state index is 12.0. The molecule has 0 heterocycles. The molecule has 3 N–H and O–H groups in total. The zero-order valence-electron chi connectivity index (χ0n) is 11.5. The Morgan fingerprint density at radius 1 is 1.33 bits per heavy atom. The predicted molar refractivity (Wildman–Crippen MR) is 79.2 cm³/mol. The molecule has 0 aliphatic rings. The van der Waals surface area contributed by atoms with Crippen molar-refractivity contribution >= 4 is 24.0 Å². The summed E-state index contributed by atoms with van der Waals surface area (Å²) in [6.07, 6.45) is 0. The average molecular weight is 271 g/mol. The molecule has 1 aromatic rings. The molecule has 0 aliphatic heterocycles. The lowest BCUT2D eigenvalue weighted by Gasteiger charge is -2.16. The molecule has 0 aliphatic carbocycles. The fourth-order valence-corrected chi connectivity index (χ4v) is 1.47. The Bertz CT molecular complexity index is 405. The van der Waals surface area contributed by atoms with E-state index in [0.717, 1.165) is 5.56 Å². The van der Waals surface area contributed by atoms with Crippen molar-refractivity contribution in [2.75, 3.05) is 12.3 Å². The third kappa shape index (κ3) is 4.57. The number of carbonyl (C=O) groups excluding carboxylic acids is 1. The first-order valence-corrected chi connectivity index (χ1v) is 6.06. The number of amides is 1. The number of anilines is 1. The van der Waals surface area contributed by atoms with Crippen molar-refractivity contribution in [1.29, 1.82) is 0 Å². The van der Waals surface area contributed by atoms with Crippen molar-refractivity contribution in [2.24, 2.45) is 11.8 Å². The van der Waals surface area contributed by atoms with E-state index in [9.17, 15) is 4.79 Å². The van der Waals surface area contributed by atoms with Crippen LogP contribution in [0.3, 0.4) is 0 Å². The lowest BCUT2D eigenvalue weighted by Crippen LogP contribution is -2.30. The maximum Gasteiger partial charge on any atom is 0.251 e. The van der Waals surface area contributed by atoms with E-state index in [-0.39, 0.29) is 18.3 Å². The Hall–Kier alpha value is -1.22. The van der Waals surface area contributed by atoms with Crippen LogP contribution in [-0.2, 0) is 0 Å². The first-order valence-electron chi connectivity index (χ1n) is 6.06. The minimum Gasteiger partial charge on any atom is -0.399 e. The summed E-state index contributed by atoms with van der Waals surface area (Å²) in [7, 11) is 0. The summed E-state index contributed by atoms with van der Waals surface area (Å²) in [5.74, 6) is 1.000. The van der Waals surface area contributed by atoms with Gasteiger partial charge in [-0.2, -0.15) is 0 Å². The van der Waals surface area contributed by atoms with E-state index in [1.165, 1.54) is 0 Å². The van der Waals surface area contributed by atoms with Crippen molar-refractivity contribution in [2.45, 2.75) is 27.7 Å². The predicted octanol–water partition coefficient (Wildman–Crippen LogP) is 3.02. The number of benzene rings is 1. The van der Waals surface area contributed by atoms with Crippen molar-refractivity contribution in [3.63, 3.8) is 0 Å². The van der Waals surface area contributed by atoms with Gasteiger partial charge in [0.1, 0.15) is 0 Å². The molecule has 1 rings (SSSR count). The van der Waals surface area contributed by atoms with Crippen LogP contribution in [0.15, 0.2) is 18.2 Å². The van der Waals surface area contributed by atoms with E-state index in [4.69, 9.17) is 5.73 Å². The molecule has 0 saturated heterocycles. The monoisotopic (exact) mass is 270 g/mol. The maximum atomic E-state index is 12.0. The van der Waals surface area contributed by atoms with Gasteiger partial charge in [0.2, 0.25) is 0 Å². The molecule has 0 spiro atoms. The summed E-state index contributed by atoms with van der Waals surface area (Å²) >= 11 is 0. The average Bonchev–Trinajstić information content (AvgIpc) is 2.28. The molecule has 1 atom stereocenters. The lowest BCUT2D eigenvalue weighted by atomic mass is 9.98. The summed E-state index contributed by atoms with van der Waals surface area (Å²) in [5.41, 5.74) is 7.93. The number of hydrogen-bond acceptors (Lipinski definition) is 2. The van der Waals surface area contributed by atoms with E-state index >= 15 is 0 Å². The molecule has 0 bridgehead atoms. The molecule has 0 saturated carbocycles. The Morgan fingerprint density at radius 2 is 1.94 bits per heavy atom. The van der Waals surface area contributed by atoms with Crippen LogP contribution in [-0.4, -0.2) is 12.5 Å². The molecular formula is C14H23ClN2O. The zero-order chi connectivity index (χ0) is 13.0. The second kappa shape index (κ2) is 7.27. The van der Waals surface area contributed by atoms with Crippen LogP contribution in [0.2, 0.25) is 0 Å². The molecule has 18 heavy (non-hydrogen) atoms. The van der Waals surface area contributed by atoms with Crippen molar-refractivity contribution in [3.05, 3.63) is 29.3 Å². The van der Waals surface area contributed by atoms with Crippen molar-refractivity contribution < 1.29 is 4.79 Å². The fourth-order valence-electron chi connectivity index (χ4n) is 1.47. The van der Waals surface area contributed by atoms with Crippen molar-refractivity contribution in [1.82, 2.24) is 5.32 Å². The quantitative estimate of drug-likeness (QED) is 0.827. The normalized spacial score (nSPS) is 11.8. The van der Waals surface area contributed by atoms with Crippen LogP contribution in [0.4, 0.5) is 5.69 Å². The highest BCUT2D eigenvalue weighted by molar-refractivity contribution is 5.96. The topological polar surface area (TPSA) is 55.1 Å². The third-order valence-electron chi connectivity index (χ3n) is 3.23. The lowest BCUT2D eigenvalue weighted by molar-refractivity contribution is 0.0944. The fraction of sp³-hybridized carbons (Fsp3) is 0.500. The smallest absolute Gasteiger partial charge is 0.251 e. The largest absolute Gasteiger partial charge is 0.399 e. The third-order valence-corrected chi connectivity index (χ3v) is 3.23. The number of nitrogens with one attached hydrogen (secondary N) is 1. The number of carbonyl (C=O) groups is 1. The highest BCUT2D eigenvalue weighted by Crippen LogP contribution is 2.13. The van der Waals surface area contributed by atoms with Gasteiger partial charge in [-0.1, -0.05) is 26.8 Å². The van der Waals surface area contributed by atoms with E-state index in [2.05, 4.69) is 26.1 Å². The molecule has 1 aromatic carbocycles. The minimum absolute atomic E-state index is 0. The minimum atomic E-state index is -0.0395. The standard InChI is InChI=1S/C14H22N2O.ClH/c1-9(2)11(4)8-16-14(17)13-7-12(15)6-5-10(13)3;/h5-7,9,11H,8,15H2,1-4H3,(H,16,17);1H. The molecule has 0 radical (unpaired) electrons. The molecule has 102 valence electrons. The molecule has 3 nitrogen and oxygen atoms in total. The van der Waals surface area contributed by atoms with Gasteiger partial charge in [-0.05, 0) is 36.5 Å².